The number of pyridine rings is 1. The Balaban J connectivity index is 1.77. The number of rotatable bonds is 4. The summed E-state index contributed by atoms with van der Waals surface area (Å²) in [5.41, 5.74) is 3.08. The fourth-order valence-corrected chi connectivity index (χ4v) is 3.08. The number of hydrogen-bond acceptors (Lipinski definition) is 4. The second kappa shape index (κ2) is 6.23. The van der Waals surface area contributed by atoms with E-state index in [9.17, 15) is 10.1 Å². The predicted molar refractivity (Wildman–Crippen MR) is 84.2 cm³/mol. The van der Waals surface area contributed by atoms with Crippen LogP contribution < -0.4 is 0 Å². The minimum Gasteiger partial charge on any atom is -0.292 e. The van der Waals surface area contributed by atoms with Gasteiger partial charge >= 0.3 is 0 Å². The SMILES string of the molecule is Cc1ccc([C@H]2CN(Cc3ccccc3)CC2[N+](=O)[O-])cn1. The van der Waals surface area contributed by atoms with Crippen molar-refractivity contribution in [1.82, 2.24) is 9.88 Å². The largest absolute Gasteiger partial charge is 0.292 e. The van der Waals surface area contributed by atoms with Crippen LogP contribution in [0, 0.1) is 17.0 Å². The van der Waals surface area contributed by atoms with Crippen LogP contribution in [0.25, 0.3) is 0 Å². The maximum absolute atomic E-state index is 11.4. The van der Waals surface area contributed by atoms with Crippen molar-refractivity contribution < 1.29 is 4.92 Å². The molecule has 0 spiro atoms. The molecule has 0 radical (unpaired) electrons. The Hall–Kier alpha value is -2.27. The molecule has 1 aromatic heterocycles. The monoisotopic (exact) mass is 297 g/mol. The molecule has 1 fully saturated rings. The Kier molecular flexibility index (Phi) is 4.15. The number of likely N-dealkylation sites (tertiary alicyclic amines) is 1. The average Bonchev–Trinajstić information content (AvgIpc) is 2.93. The third-order valence-electron chi connectivity index (χ3n) is 4.25. The molecule has 5 heteroatoms. The lowest BCUT2D eigenvalue weighted by atomic mass is 9.96. The third kappa shape index (κ3) is 3.14. The van der Waals surface area contributed by atoms with Gasteiger partial charge in [0.2, 0.25) is 6.04 Å². The normalized spacial score (nSPS) is 21.9. The van der Waals surface area contributed by atoms with Crippen LogP contribution in [0.3, 0.4) is 0 Å². The summed E-state index contributed by atoms with van der Waals surface area (Å²) in [5, 5.41) is 11.4. The second-order valence-electron chi connectivity index (χ2n) is 5.87. The molecular formula is C17H19N3O2. The van der Waals surface area contributed by atoms with Crippen LogP contribution in [0.1, 0.15) is 22.7 Å². The van der Waals surface area contributed by atoms with Crippen molar-refractivity contribution in [3.63, 3.8) is 0 Å². The predicted octanol–water partition coefficient (Wildman–Crippen LogP) is 2.63. The molecule has 0 aliphatic carbocycles. The number of nitrogens with zero attached hydrogens (tertiary/aromatic N) is 3. The fourth-order valence-electron chi connectivity index (χ4n) is 3.08. The van der Waals surface area contributed by atoms with Crippen LogP contribution in [0.5, 0.6) is 0 Å². The van der Waals surface area contributed by atoms with Gasteiger partial charge in [0.05, 0.1) is 12.5 Å². The van der Waals surface area contributed by atoms with E-state index < -0.39 is 6.04 Å². The van der Waals surface area contributed by atoms with Gasteiger partial charge in [0.1, 0.15) is 0 Å². The summed E-state index contributed by atoms with van der Waals surface area (Å²) in [6, 6.07) is 13.4. The third-order valence-corrected chi connectivity index (χ3v) is 4.25. The lowest BCUT2D eigenvalue weighted by Gasteiger charge is -2.15. The van der Waals surface area contributed by atoms with E-state index in [2.05, 4.69) is 22.0 Å². The van der Waals surface area contributed by atoms with E-state index in [0.29, 0.717) is 13.1 Å². The average molecular weight is 297 g/mol. The Bertz CT molecular complexity index is 643. The number of nitro groups is 1. The molecule has 2 heterocycles. The van der Waals surface area contributed by atoms with Crippen molar-refractivity contribution in [1.29, 1.82) is 0 Å². The molecule has 1 aliphatic rings. The van der Waals surface area contributed by atoms with Crippen LogP contribution in [0.4, 0.5) is 0 Å². The first-order valence-corrected chi connectivity index (χ1v) is 7.46. The lowest BCUT2D eigenvalue weighted by molar-refractivity contribution is -0.521. The smallest absolute Gasteiger partial charge is 0.233 e. The summed E-state index contributed by atoms with van der Waals surface area (Å²) >= 11 is 0. The van der Waals surface area contributed by atoms with Gasteiger partial charge in [0.25, 0.3) is 0 Å². The topological polar surface area (TPSA) is 59.3 Å². The van der Waals surface area contributed by atoms with Crippen LogP contribution in [0.15, 0.2) is 48.7 Å². The molecule has 0 amide bonds. The minimum absolute atomic E-state index is 0.0909. The van der Waals surface area contributed by atoms with E-state index in [1.54, 1.807) is 6.20 Å². The zero-order valence-electron chi connectivity index (χ0n) is 12.6. The Morgan fingerprint density at radius 3 is 2.64 bits per heavy atom. The van der Waals surface area contributed by atoms with Gasteiger partial charge in [-0.05, 0) is 24.1 Å². The molecule has 22 heavy (non-hydrogen) atoms. The Labute approximate surface area is 129 Å². The Morgan fingerprint density at radius 1 is 1.23 bits per heavy atom. The summed E-state index contributed by atoms with van der Waals surface area (Å²) in [5.74, 6) is -0.0909. The first-order valence-electron chi connectivity index (χ1n) is 7.46. The molecule has 5 nitrogen and oxygen atoms in total. The number of benzene rings is 1. The molecule has 0 bridgehead atoms. The highest BCUT2D eigenvalue weighted by Crippen LogP contribution is 2.30. The van der Waals surface area contributed by atoms with E-state index >= 15 is 0 Å². The van der Waals surface area contributed by atoms with E-state index in [1.807, 2.05) is 37.3 Å². The fraction of sp³-hybridized carbons (Fsp3) is 0.353. The van der Waals surface area contributed by atoms with Crippen LogP contribution in [-0.2, 0) is 6.54 Å². The molecule has 3 rings (SSSR count). The summed E-state index contributed by atoms with van der Waals surface area (Å²) in [6.45, 7) is 3.86. The quantitative estimate of drug-likeness (QED) is 0.643. The lowest BCUT2D eigenvalue weighted by Crippen LogP contribution is -2.28. The second-order valence-corrected chi connectivity index (χ2v) is 5.87. The van der Waals surface area contributed by atoms with Crippen molar-refractivity contribution in [2.45, 2.75) is 25.4 Å². The van der Waals surface area contributed by atoms with Crippen molar-refractivity contribution in [3.8, 4) is 0 Å². The number of hydrogen-bond donors (Lipinski definition) is 0. The first-order chi connectivity index (χ1) is 10.6. The molecule has 2 aromatic rings. The van der Waals surface area contributed by atoms with Gasteiger partial charge in [-0.25, -0.2) is 0 Å². The number of aromatic nitrogens is 1. The van der Waals surface area contributed by atoms with E-state index in [4.69, 9.17) is 0 Å². The molecule has 1 aromatic carbocycles. The number of aryl methyl sites for hydroxylation is 1. The zero-order valence-corrected chi connectivity index (χ0v) is 12.6. The van der Waals surface area contributed by atoms with Crippen LogP contribution in [-0.4, -0.2) is 33.9 Å². The van der Waals surface area contributed by atoms with E-state index in [1.165, 1.54) is 5.56 Å². The van der Waals surface area contributed by atoms with Crippen molar-refractivity contribution in [3.05, 3.63) is 75.6 Å². The molecule has 1 saturated heterocycles. The highest BCUT2D eigenvalue weighted by atomic mass is 16.6. The molecule has 0 saturated carbocycles. The summed E-state index contributed by atoms with van der Waals surface area (Å²) in [4.78, 5) is 17.7. The molecular weight excluding hydrogens is 278 g/mol. The van der Waals surface area contributed by atoms with Crippen LogP contribution in [0.2, 0.25) is 0 Å². The highest BCUT2D eigenvalue weighted by molar-refractivity contribution is 5.22. The zero-order chi connectivity index (χ0) is 15.5. The van der Waals surface area contributed by atoms with Gasteiger partial charge in [-0.2, -0.15) is 0 Å². The molecule has 1 unspecified atom stereocenters. The van der Waals surface area contributed by atoms with Crippen molar-refractivity contribution in [2.75, 3.05) is 13.1 Å². The summed E-state index contributed by atoms with van der Waals surface area (Å²) in [7, 11) is 0. The molecule has 0 N–H and O–H groups in total. The maximum atomic E-state index is 11.4. The van der Waals surface area contributed by atoms with Crippen LogP contribution >= 0.6 is 0 Å². The van der Waals surface area contributed by atoms with Crippen molar-refractivity contribution >= 4 is 0 Å². The molecule has 114 valence electrons. The Morgan fingerprint density at radius 2 is 2.00 bits per heavy atom. The maximum Gasteiger partial charge on any atom is 0.233 e. The summed E-state index contributed by atoms with van der Waals surface area (Å²) < 4.78 is 0. The van der Waals surface area contributed by atoms with Gasteiger partial charge in [-0.3, -0.25) is 20.0 Å². The molecule has 1 aliphatic heterocycles. The minimum atomic E-state index is -0.562. The standard InChI is InChI=1S/C17H19N3O2/c1-13-7-8-15(9-18-13)16-11-19(12-17(16)20(21)22)10-14-5-3-2-4-6-14/h2-9,16-17H,10-12H2,1H3/t16-,17?/m1/s1. The van der Waals surface area contributed by atoms with Gasteiger partial charge < -0.3 is 0 Å². The summed E-state index contributed by atoms with van der Waals surface area (Å²) in [6.07, 6.45) is 1.78. The van der Waals surface area contributed by atoms with Gasteiger partial charge in [0, 0.05) is 29.9 Å². The molecule has 2 atom stereocenters. The van der Waals surface area contributed by atoms with E-state index in [0.717, 1.165) is 17.8 Å². The first kappa shape index (κ1) is 14.7. The van der Waals surface area contributed by atoms with E-state index in [-0.39, 0.29) is 10.8 Å². The van der Waals surface area contributed by atoms with Gasteiger partial charge in [0.15, 0.2) is 0 Å². The van der Waals surface area contributed by atoms with Gasteiger partial charge in [-0.1, -0.05) is 36.4 Å². The van der Waals surface area contributed by atoms with Crippen molar-refractivity contribution in [2.24, 2.45) is 0 Å². The highest BCUT2D eigenvalue weighted by Gasteiger charge is 2.41. The van der Waals surface area contributed by atoms with Gasteiger partial charge in [-0.15, -0.1) is 0 Å².